The fourth-order valence-corrected chi connectivity index (χ4v) is 3.63. The van der Waals surface area contributed by atoms with Crippen LogP contribution in [0.5, 0.6) is 0 Å². The number of furan rings is 1. The molecule has 0 N–H and O–H groups in total. The van der Waals surface area contributed by atoms with E-state index in [0.717, 1.165) is 16.3 Å². The topological polar surface area (TPSA) is 51.8 Å². The molecule has 0 unspecified atom stereocenters. The molecule has 6 heteroatoms. The van der Waals surface area contributed by atoms with Gasteiger partial charge in [0.2, 0.25) is 5.90 Å². The average molecular weight is 434 g/mol. The smallest absolute Gasteiger partial charge is 0.363 e. The molecule has 0 bridgehead atoms. The first-order chi connectivity index (χ1) is 14.6. The zero-order valence-electron chi connectivity index (χ0n) is 15.4. The summed E-state index contributed by atoms with van der Waals surface area (Å²) in [6.07, 6.45) is 1.54. The Hall–Kier alpha value is -3.34. The lowest BCUT2D eigenvalue weighted by Gasteiger charge is -2.02. The molecule has 1 aliphatic rings. The third-order valence-electron chi connectivity index (χ3n) is 4.72. The zero-order valence-corrected chi connectivity index (χ0v) is 16.9. The van der Waals surface area contributed by atoms with Gasteiger partial charge in [0, 0.05) is 22.2 Å². The van der Waals surface area contributed by atoms with Gasteiger partial charge in [0.25, 0.3) is 0 Å². The number of halogens is 2. The normalized spacial score (nSPS) is 14.9. The summed E-state index contributed by atoms with van der Waals surface area (Å²) >= 11 is 12.3. The van der Waals surface area contributed by atoms with E-state index in [2.05, 4.69) is 4.99 Å². The molecule has 0 aliphatic carbocycles. The highest BCUT2D eigenvalue weighted by Gasteiger charge is 2.25. The minimum Gasteiger partial charge on any atom is -0.457 e. The van der Waals surface area contributed by atoms with Crippen LogP contribution in [0.25, 0.3) is 28.2 Å². The standard InChI is InChI=1S/C24H13Cl2NO3/c25-17-7-9-20(26)19(12-17)22-10-8-18(29-22)13-21-24(28)30-23(27-21)16-6-5-14-3-1-2-4-15(14)11-16/h1-13H/b21-13+. The Labute approximate surface area is 182 Å². The number of carbonyl (C=O) groups excluding carboxylic acids is 1. The van der Waals surface area contributed by atoms with Crippen molar-refractivity contribution in [2.75, 3.05) is 0 Å². The molecule has 0 saturated carbocycles. The number of carbonyl (C=O) groups is 1. The van der Waals surface area contributed by atoms with Crippen LogP contribution in [0.4, 0.5) is 0 Å². The van der Waals surface area contributed by atoms with Crippen molar-refractivity contribution in [1.29, 1.82) is 0 Å². The monoisotopic (exact) mass is 433 g/mol. The Balaban J connectivity index is 1.47. The van der Waals surface area contributed by atoms with Gasteiger partial charge < -0.3 is 9.15 Å². The molecule has 4 aromatic rings. The number of benzene rings is 3. The highest BCUT2D eigenvalue weighted by atomic mass is 35.5. The number of ether oxygens (including phenoxy) is 1. The van der Waals surface area contributed by atoms with Gasteiger partial charge in [0.15, 0.2) is 5.70 Å². The van der Waals surface area contributed by atoms with Crippen molar-refractivity contribution in [2.45, 2.75) is 0 Å². The summed E-state index contributed by atoms with van der Waals surface area (Å²) in [5.41, 5.74) is 1.57. The number of cyclic esters (lactones) is 1. The Morgan fingerprint density at radius 1 is 0.867 bits per heavy atom. The van der Waals surface area contributed by atoms with Gasteiger partial charge in [-0.15, -0.1) is 0 Å². The fourth-order valence-electron chi connectivity index (χ4n) is 3.25. The Morgan fingerprint density at radius 3 is 2.57 bits per heavy atom. The maximum atomic E-state index is 12.3. The maximum Gasteiger partial charge on any atom is 0.363 e. The number of hydrogen-bond acceptors (Lipinski definition) is 4. The molecule has 4 nitrogen and oxygen atoms in total. The molecular weight excluding hydrogens is 421 g/mol. The summed E-state index contributed by atoms with van der Waals surface area (Å²) in [4.78, 5) is 16.7. The molecule has 0 saturated heterocycles. The number of hydrogen-bond donors (Lipinski definition) is 0. The van der Waals surface area contributed by atoms with E-state index >= 15 is 0 Å². The average Bonchev–Trinajstić information content (AvgIpc) is 3.36. The van der Waals surface area contributed by atoms with E-state index in [-0.39, 0.29) is 11.6 Å². The molecule has 1 aliphatic heterocycles. The highest BCUT2D eigenvalue weighted by Crippen LogP contribution is 2.32. The van der Waals surface area contributed by atoms with Crippen LogP contribution in [0.1, 0.15) is 11.3 Å². The molecule has 2 heterocycles. The molecule has 146 valence electrons. The maximum absolute atomic E-state index is 12.3. The molecule has 0 amide bonds. The third kappa shape index (κ3) is 3.52. The van der Waals surface area contributed by atoms with Crippen LogP contribution >= 0.6 is 23.2 Å². The largest absolute Gasteiger partial charge is 0.457 e. The first-order valence-corrected chi connectivity index (χ1v) is 9.89. The van der Waals surface area contributed by atoms with Crippen LogP contribution in [-0.2, 0) is 9.53 Å². The number of rotatable bonds is 3. The Morgan fingerprint density at radius 2 is 1.70 bits per heavy atom. The predicted molar refractivity (Wildman–Crippen MR) is 119 cm³/mol. The second-order valence-electron chi connectivity index (χ2n) is 6.72. The van der Waals surface area contributed by atoms with Gasteiger partial charge in [-0.1, -0.05) is 53.5 Å². The first kappa shape index (κ1) is 18.7. The Kier molecular flexibility index (Phi) is 4.66. The minimum atomic E-state index is -0.531. The summed E-state index contributed by atoms with van der Waals surface area (Å²) in [6.45, 7) is 0. The zero-order chi connectivity index (χ0) is 20.7. The van der Waals surface area contributed by atoms with E-state index in [4.69, 9.17) is 32.4 Å². The molecule has 0 fully saturated rings. The third-order valence-corrected chi connectivity index (χ3v) is 5.28. The molecule has 3 aromatic carbocycles. The lowest BCUT2D eigenvalue weighted by molar-refractivity contribution is -0.129. The van der Waals surface area contributed by atoms with E-state index in [1.807, 2.05) is 42.5 Å². The van der Waals surface area contributed by atoms with Crippen LogP contribution in [0.3, 0.4) is 0 Å². The summed E-state index contributed by atoms with van der Waals surface area (Å²) < 4.78 is 11.2. The number of esters is 1. The van der Waals surface area contributed by atoms with Gasteiger partial charge >= 0.3 is 5.97 Å². The van der Waals surface area contributed by atoms with Gasteiger partial charge in [-0.05, 0) is 53.2 Å². The van der Waals surface area contributed by atoms with Crippen molar-refractivity contribution in [3.8, 4) is 11.3 Å². The van der Waals surface area contributed by atoms with Crippen LogP contribution in [-0.4, -0.2) is 11.9 Å². The lowest BCUT2D eigenvalue weighted by atomic mass is 10.1. The van der Waals surface area contributed by atoms with E-state index in [1.165, 1.54) is 0 Å². The summed E-state index contributed by atoms with van der Waals surface area (Å²) in [5, 5.41) is 3.21. The number of fused-ring (bicyclic) bond motifs is 1. The highest BCUT2D eigenvalue weighted by molar-refractivity contribution is 6.35. The second-order valence-corrected chi connectivity index (χ2v) is 7.57. The molecular formula is C24H13Cl2NO3. The van der Waals surface area contributed by atoms with Gasteiger partial charge in [-0.3, -0.25) is 0 Å². The van der Waals surface area contributed by atoms with Crippen LogP contribution in [0.15, 0.2) is 87.9 Å². The Bertz CT molecular complexity index is 1370. The summed E-state index contributed by atoms with van der Waals surface area (Å²) in [6, 6.07) is 22.4. The lowest BCUT2D eigenvalue weighted by Crippen LogP contribution is -2.05. The van der Waals surface area contributed by atoms with Crippen LogP contribution in [0.2, 0.25) is 10.0 Å². The molecule has 0 spiro atoms. The van der Waals surface area contributed by atoms with Crippen molar-refractivity contribution in [2.24, 2.45) is 4.99 Å². The number of aliphatic imine (C=N–C) groups is 1. The molecule has 0 atom stereocenters. The van der Waals surface area contributed by atoms with E-state index in [1.54, 1.807) is 36.4 Å². The van der Waals surface area contributed by atoms with Crippen molar-refractivity contribution < 1.29 is 13.9 Å². The molecule has 0 radical (unpaired) electrons. The van der Waals surface area contributed by atoms with Gasteiger partial charge in [-0.2, -0.15) is 0 Å². The van der Waals surface area contributed by atoms with Gasteiger partial charge in [0.1, 0.15) is 11.5 Å². The molecule has 5 rings (SSSR count). The van der Waals surface area contributed by atoms with Crippen molar-refractivity contribution in [3.63, 3.8) is 0 Å². The summed E-state index contributed by atoms with van der Waals surface area (Å²) in [5.74, 6) is 0.731. The quantitative estimate of drug-likeness (QED) is 0.265. The van der Waals surface area contributed by atoms with E-state index in [0.29, 0.717) is 27.1 Å². The SMILES string of the molecule is O=C1OC(c2ccc3ccccc3c2)=N/C1=C/c1ccc(-c2cc(Cl)ccc2Cl)o1. The van der Waals surface area contributed by atoms with Gasteiger partial charge in [-0.25, -0.2) is 9.79 Å². The molecule has 30 heavy (non-hydrogen) atoms. The fraction of sp³-hybridized carbons (Fsp3) is 0. The van der Waals surface area contributed by atoms with E-state index < -0.39 is 5.97 Å². The predicted octanol–water partition coefficient (Wildman–Crippen LogP) is 6.75. The molecule has 1 aromatic heterocycles. The van der Waals surface area contributed by atoms with Gasteiger partial charge in [0.05, 0.1) is 5.02 Å². The van der Waals surface area contributed by atoms with Crippen molar-refractivity contribution in [1.82, 2.24) is 0 Å². The second kappa shape index (κ2) is 7.48. The van der Waals surface area contributed by atoms with Crippen molar-refractivity contribution >= 4 is 51.9 Å². The van der Waals surface area contributed by atoms with Crippen molar-refractivity contribution in [3.05, 3.63) is 99.9 Å². The minimum absolute atomic E-state index is 0.163. The van der Waals surface area contributed by atoms with Crippen LogP contribution < -0.4 is 0 Å². The van der Waals surface area contributed by atoms with Crippen LogP contribution in [0, 0.1) is 0 Å². The number of nitrogens with zero attached hydrogens (tertiary/aromatic N) is 1. The van der Waals surface area contributed by atoms with E-state index in [9.17, 15) is 4.79 Å². The summed E-state index contributed by atoms with van der Waals surface area (Å²) in [7, 11) is 0. The first-order valence-electron chi connectivity index (χ1n) is 9.14.